The number of hydrogen-bond acceptors (Lipinski definition) is 3. The Morgan fingerprint density at radius 2 is 2.00 bits per heavy atom. The van der Waals surface area contributed by atoms with Crippen LogP contribution in [0.1, 0.15) is 18.4 Å². The van der Waals surface area contributed by atoms with E-state index in [9.17, 15) is 13.2 Å². The van der Waals surface area contributed by atoms with Crippen molar-refractivity contribution in [3.8, 4) is 11.8 Å². The zero-order valence-corrected chi connectivity index (χ0v) is 11.6. The fourth-order valence-corrected chi connectivity index (χ4v) is 2.47. The molecule has 21 heavy (non-hydrogen) atoms. The Labute approximate surface area is 121 Å². The van der Waals surface area contributed by atoms with Crippen molar-refractivity contribution in [2.45, 2.75) is 25.6 Å². The summed E-state index contributed by atoms with van der Waals surface area (Å²) < 4.78 is 40.4. The summed E-state index contributed by atoms with van der Waals surface area (Å²) in [4.78, 5) is 2.24. The molecule has 1 aromatic rings. The molecule has 0 aromatic heterocycles. The maximum absolute atomic E-state index is 12.2. The molecular weight excluding hydrogens is 281 g/mol. The molecular formula is C15H17F3N2O. The van der Waals surface area contributed by atoms with Crippen LogP contribution in [0.5, 0.6) is 5.75 Å². The maximum Gasteiger partial charge on any atom is 0.573 e. The number of ether oxygens (including phenoxy) is 1. The van der Waals surface area contributed by atoms with Crippen LogP contribution in [0.2, 0.25) is 0 Å². The van der Waals surface area contributed by atoms with Crippen LogP contribution in [0.4, 0.5) is 13.2 Å². The van der Waals surface area contributed by atoms with E-state index in [-0.39, 0.29) is 11.7 Å². The Kier molecular flexibility index (Phi) is 5.07. The van der Waals surface area contributed by atoms with Gasteiger partial charge in [-0.3, -0.25) is 0 Å². The third-order valence-electron chi connectivity index (χ3n) is 3.62. The van der Waals surface area contributed by atoms with Crippen molar-refractivity contribution in [3.63, 3.8) is 0 Å². The summed E-state index contributed by atoms with van der Waals surface area (Å²) in [5, 5.41) is 8.83. The van der Waals surface area contributed by atoms with E-state index in [2.05, 4.69) is 15.7 Å². The van der Waals surface area contributed by atoms with Gasteiger partial charge in [-0.05, 0) is 50.0 Å². The molecule has 2 rings (SSSR count). The number of piperidine rings is 1. The molecule has 0 N–H and O–H groups in total. The van der Waals surface area contributed by atoms with Gasteiger partial charge < -0.3 is 9.64 Å². The second kappa shape index (κ2) is 6.81. The number of benzene rings is 1. The summed E-state index contributed by atoms with van der Waals surface area (Å²) in [6.07, 6.45) is -2.24. The lowest BCUT2D eigenvalue weighted by Crippen LogP contribution is -2.34. The average Bonchev–Trinajstić information content (AvgIpc) is 2.44. The van der Waals surface area contributed by atoms with Gasteiger partial charge in [0.2, 0.25) is 0 Å². The van der Waals surface area contributed by atoms with E-state index < -0.39 is 6.36 Å². The van der Waals surface area contributed by atoms with Crippen LogP contribution in [0.15, 0.2) is 24.3 Å². The molecule has 1 heterocycles. The van der Waals surface area contributed by atoms with E-state index in [1.165, 1.54) is 12.1 Å². The highest BCUT2D eigenvalue weighted by atomic mass is 19.4. The third kappa shape index (κ3) is 5.27. The monoisotopic (exact) mass is 298 g/mol. The van der Waals surface area contributed by atoms with Crippen LogP contribution < -0.4 is 4.74 Å². The first-order valence-electron chi connectivity index (χ1n) is 6.93. The minimum Gasteiger partial charge on any atom is -0.406 e. The van der Waals surface area contributed by atoms with Crippen LogP contribution in [-0.4, -0.2) is 30.9 Å². The van der Waals surface area contributed by atoms with Crippen molar-refractivity contribution in [1.82, 2.24) is 4.90 Å². The van der Waals surface area contributed by atoms with Crippen LogP contribution in [-0.2, 0) is 6.42 Å². The molecule has 0 atom stereocenters. The number of rotatable bonds is 4. The van der Waals surface area contributed by atoms with E-state index in [0.29, 0.717) is 6.42 Å². The minimum absolute atomic E-state index is 0.143. The topological polar surface area (TPSA) is 36.3 Å². The van der Waals surface area contributed by atoms with Gasteiger partial charge in [0.25, 0.3) is 0 Å². The van der Waals surface area contributed by atoms with Gasteiger partial charge in [-0.25, -0.2) is 0 Å². The number of halogens is 3. The largest absolute Gasteiger partial charge is 0.573 e. The third-order valence-corrected chi connectivity index (χ3v) is 3.62. The van der Waals surface area contributed by atoms with Gasteiger partial charge in [0, 0.05) is 12.5 Å². The van der Waals surface area contributed by atoms with E-state index in [4.69, 9.17) is 5.26 Å². The second-order valence-corrected chi connectivity index (χ2v) is 5.19. The normalized spacial score (nSPS) is 17.4. The molecule has 3 nitrogen and oxygen atoms in total. The second-order valence-electron chi connectivity index (χ2n) is 5.19. The number of hydrogen-bond donors (Lipinski definition) is 0. The van der Waals surface area contributed by atoms with Gasteiger partial charge in [0.15, 0.2) is 0 Å². The van der Waals surface area contributed by atoms with Gasteiger partial charge in [-0.1, -0.05) is 12.1 Å². The average molecular weight is 298 g/mol. The number of nitriles is 1. The van der Waals surface area contributed by atoms with Crippen molar-refractivity contribution in [1.29, 1.82) is 5.26 Å². The van der Waals surface area contributed by atoms with Crippen molar-refractivity contribution < 1.29 is 17.9 Å². The Morgan fingerprint density at radius 3 is 2.62 bits per heavy atom. The predicted molar refractivity (Wildman–Crippen MR) is 71.6 cm³/mol. The fourth-order valence-electron chi connectivity index (χ4n) is 2.47. The van der Waals surface area contributed by atoms with E-state index in [1.807, 2.05) is 0 Å². The highest BCUT2D eigenvalue weighted by Crippen LogP contribution is 2.24. The molecule has 0 aliphatic carbocycles. The van der Waals surface area contributed by atoms with Crippen molar-refractivity contribution in [2.75, 3.05) is 19.6 Å². The Hall–Kier alpha value is -1.74. The molecule has 1 fully saturated rings. The quantitative estimate of drug-likeness (QED) is 0.855. The van der Waals surface area contributed by atoms with Gasteiger partial charge in [-0.15, -0.1) is 13.2 Å². The lowest BCUT2D eigenvalue weighted by Gasteiger charge is -2.28. The zero-order valence-electron chi connectivity index (χ0n) is 11.6. The van der Waals surface area contributed by atoms with Gasteiger partial charge >= 0.3 is 6.36 Å². The molecule has 6 heteroatoms. The SMILES string of the molecule is N#CC1CCN(CCc2cccc(OC(F)(F)F)c2)CC1. The first-order chi connectivity index (χ1) is 9.96. The molecule has 0 radical (unpaired) electrons. The Morgan fingerprint density at radius 1 is 1.29 bits per heavy atom. The van der Waals surface area contributed by atoms with Crippen LogP contribution >= 0.6 is 0 Å². The number of likely N-dealkylation sites (tertiary alicyclic amines) is 1. The molecule has 114 valence electrons. The smallest absolute Gasteiger partial charge is 0.406 e. The molecule has 0 spiro atoms. The lowest BCUT2D eigenvalue weighted by atomic mass is 9.98. The highest BCUT2D eigenvalue weighted by molar-refractivity contribution is 5.28. The summed E-state index contributed by atoms with van der Waals surface area (Å²) in [7, 11) is 0. The molecule has 0 bridgehead atoms. The summed E-state index contributed by atoms with van der Waals surface area (Å²) in [6.45, 7) is 2.53. The fraction of sp³-hybridized carbons (Fsp3) is 0.533. The number of alkyl halides is 3. The van der Waals surface area contributed by atoms with E-state index in [0.717, 1.165) is 38.0 Å². The Balaban J connectivity index is 1.84. The number of nitrogens with zero attached hydrogens (tertiary/aromatic N) is 2. The van der Waals surface area contributed by atoms with Crippen LogP contribution in [0.3, 0.4) is 0 Å². The van der Waals surface area contributed by atoms with Gasteiger partial charge in [0.1, 0.15) is 5.75 Å². The zero-order chi connectivity index (χ0) is 15.3. The highest BCUT2D eigenvalue weighted by Gasteiger charge is 2.31. The molecule has 0 amide bonds. The van der Waals surface area contributed by atoms with Gasteiger partial charge in [0.05, 0.1) is 6.07 Å². The predicted octanol–water partition coefficient (Wildman–Crippen LogP) is 3.36. The molecule has 1 aliphatic heterocycles. The molecule has 1 aromatic carbocycles. The lowest BCUT2D eigenvalue weighted by molar-refractivity contribution is -0.274. The van der Waals surface area contributed by atoms with Crippen LogP contribution in [0.25, 0.3) is 0 Å². The van der Waals surface area contributed by atoms with Crippen molar-refractivity contribution >= 4 is 0 Å². The standard InChI is InChI=1S/C15H17F3N2O/c16-15(17,18)21-14-3-1-2-12(10-14)4-7-20-8-5-13(11-19)6-9-20/h1-3,10,13H,4-9H2. The van der Waals surface area contributed by atoms with Gasteiger partial charge in [-0.2, -0.15) is 5.26 Å². The molecule has 0 unspecified atom stereocenters. The summed E-state index contributed by atoms with van der Waals surface area (Å²) in [6, 6.07) is 8.37. The first-order valence-corrected chi connectivity index (χ1v) is 6.93. The van der Waals surface area contributed by atoms with Crippen LogP contribution in [0, 0.1) is 17.2 Å². The summed E-state index contributed by atoms with van der Waals surface area (Å²) in [5.74, 6) is -0.0343. The summed E-state index contributed by atoms with van der Waals surface area (Å²) >= 11 is 0. The maximum atomic E-state index is 12.2. The molecule has 0 saturated carbocycles. The van der Waals surface area contributed by atoms with E-state index in [1.54, 1.807) is 12.1 Å². The minimum atomic E-state index is -4.65. The van der Waals surface area contributed by atoms with Crippen molar-refractivity contribution in [3.05, 3.63) is 29.8 Å². The van der Waals surface area contributed by atoms with Crippen molar-refractivity contribution in [2.24, 2.45) is 5.92 Å². The summed E-state index contributed by atoms with van der Waals surface area (Å²) in [5.41, 5.74) is 0.819. The molecule has 1 saturated heterocycles. The Bertz CT molecular complexity index is 502. The van der Waals surface area contributed by atoms with E-state index >= 15 is 0 Å². The first kappa shape index (κ1) is 15.6. The molecule has 1 aliphatic rings.